The summed E-state index contributed by atoms with van der Waals surface area (Å²) in [7, 11) is 3.55. The predicted molar refractivity (Wildman–Crippen MR) is 95.3 cm³/mol. The number of aromatic nitrogens is 2. The Hall–Kier alpha value is -2.96. The lowest BCUT2D eigenvalue weighted by atomic mass is 10.1. The maximum atomic E-state index is 12.3. The van der Waals surface area contributed by atoms with Crippen molar-refractivity contribution >= 4 is 17.6 Å². The average Bonchev–Trinajstić information content (AvgIpc) is 2.93. The summed E-state index contributed by atoms with van der Waals surface area (Å²) in [5.41, 5.74) is 2.20. The maximum Gasteiger partial charge on any atom is 0.251 e. The first-order valence-corrected chi connectivity index (χ1v) is 8.17. The highest BCUT2D eigenvalue weighted by Gasteiger charge is 2.30. The van der Waals surface area contributed by atoms with Crippen LogP contribution in [0.5, 0.6) is 0 Å². The van der Waals surface area contributed by atoms with Gasteiger partial charge in [0.1, 0.15) is 11.9 Å². The van der Waals surface area contributed by atoms with E-state index in [2.05, 4.69) is 20.6 Å². The van der Waals surface area contributed by atoms with Gasteiger partial charge < -0.3 is 15.5 Å². The van der Waals surface area contributed by atoms with Crippen LogP contribution in [0.1, 0.15) is 22.5 Å². The molecule has 1 aromatic heterocycles. The number of benzene rings is 1. The van der Waals surface area contributed by atoms with E-state index in [0.29, 0.717) is 24.4 Å². The van der Waals surface area contributed by atoms with Crippen molar-refractivity contribution in [1.82, 2.24) is 20.2 Å². The summed E-state index contributed by atoms with van der Waals surface area (Å²) < 4.78 is 0. The molecule has 1 aliphatic heterocycles. The molecule has 25 heavy (non-hydrogen) atoms. The normalized spacial score (nSPS) is 16.8. The number of nitrogens with one attached hydrogen (secondary N) is 2. The van der Waals surface area contributed by atoms with Crippen LogP contribution in [0.15, 0.2) is 30.3 Å². The molecule has 0 bridgehead atoms. The highest BCUT2D eigenvalue weighted by molar-refractivity contribution is 5.98. The number of carbonyl (C=O) groups excluding carboxylic acids is 2. The van der Waals surface area contributed by atoms with E-state index in [4.69, 9.17) is 0 Å². The SMILES string of the molecule is CNc1cc(C)nc(-c2ccc(C(=O)N[C@@H]3CCN(C)C3=O)cc2)n1. The Balaban J connectivity index is 1.75. The molecule has 0 aliphatic carbocycles. The van der Waals surface area contributed by atoms with Crippen LogP contribution in [0.3, 0.4) is 0 Å². The molecule has 0 unspecified atom stereocenters. The largest absolute Gasteiger partial charge is 0.373 e. The zero-order chi connectivity index (χ0) is 18.0. The fourth-order valence-electron chi connectivity index (χ4n) is 2.79. The van der Waals surface area contributed by atoms with Crippen molar-refractivity contribution in [2.24, 2.45) is 0 Å². The smallest absolute Gasteiger partial charge is 0.251 e. The number of hydrogen-bond acceptors (Lipinski definition) is 5. The first-order chi connectivity index (χ1) is 12.0. The summed E-state index contributed by atoms with van der Waals surface area (Å²) in [5, 5.41) is 5.80. The standard InChI is InChI=1S/C18H21N5O2/c1-11-10-15(19-2)22-16(20-11)12-4-6-13(7-5-12)17(24)21-14-8-9-23(3)18(14)25/h4-7,10,14H,8-9H2,1-3H3,(H,21,24)(H,19,20,22)/t14-/m1/s1. The second-order valence-corrected chi connectivity index (χ2v) is 6.12. The number of anilines is 1. The van der Waals surface area contributed by atoms with Crippen molar-refractivity contribution in [3.05, 3.63) is 41.6 Å². The Morgan fingerprint density at radius 1 is 1.24 bits per heavy atom. The molecular formula is C18H21N5O2. The van der Waals surface area contributed by atoms with Crippen LogP contribution in [0.2, 0.25) is 0 Å². The fourth-order valence-corrected chi connectivity index (χ4v) is 2.79. The van der Waals surface area contributed by atoms with E-state index in [9.17, 15) is 9.59 Å². The molecule has 1 fully saturated rings. The van der Waals surface area contributed by atoms with Gasteiger partial charge in [-0.1, -0.05) is 12.1 Å². The van der Waals surface area contributed by atoms with Crippen LogP contribution in [0, 0.1) is 6.92 Å². The zero-order valence-electron chi connectivity index (χ0n) is 14.5. The number of nitrogens with zero attached hydrogens (tertiary/aromatic N) is 3. The highest BCUT2D eigenvalue weighted by Crippen LogP contribution is 2.19. The molecule has 2 aromatic rings. The molecule has 1 atom stereocenters. The van der Waals surface area contributed by atoms with E-state index in [1.165, 1.54) is 0 Å². The van der Waals surface area contributed by atoms with E-state index in [0.717, 1.165) is 17.1 Å². The molecule has 0 radical (unpaired) electrons. The summed E-state index contributed by atoms with van der Waals surface area (Å²) in [6.45, 7) is 2.57. The second-order valence-electron chi connectivity index (χ2n) is 6.12. The number of hydrogen-bond donors (Lipinski definition) is 2. The minimum absolute atomic E-state index is 0.0438. The van der Waals surface area contributed by atoms with E-state index in [1.54, 1.807) is 31.1 Å². The van der Waals surface area contributed by atoms with Crippen molar-refractivity contribution in [2.45, 2.75) is 19.4 Å². The Labute approximate surface area is 146 Å². The van der Waals surface area contributed by atoms with Gasteiger partial charge in [-0.2, -0.15) is 0 Å². The molecule has 2 N–H and O–H groups in total. The molecule has 3 rings (SSSR count). The van der Waals surface area contributed by atoms with Gasteiger partial charge in [0.05, 0.1) is 0 Å². The van der Waals surface area contributed by atoms with Gasteiger partial charge in [0.2, 0.25) is 5.91 Å². The third-order valence-electron chi connectivity index (χ3n) is 4.25. The Morgan fingerprint density at radius 3 is 2.56 bits per heavy atom. The van der Waals surface area contributed by atoms with E-state index >= 15 is 0 Å². The Morgan fingerprint density at radius 2 is 1.96 bits per heavy atom. The number of rotatable bonds is 4. The van der Waals surface area contributed by atoms with Crippen LogP contribution in [-0.4, -0.2) is 53.4 Å². The molecular weight excluding hydrogens is 318 g/mol. The van der Waals surface area contributed by atoms with Gasteiger partial charge in [-0.25, -0.2) is 9.97 Å². The number of likely N-dealkylation sites (tertiary alicyclic amines) is 1. The van der Waals surface area contributed by atoms with Crippen LogP contribution in [0.25, 0.3) is 11.4 Å². The lowest BCUT2D eigenvalue weighted by Gasteiger charge is -2.12. The van der Waals surface area contributed by atoms with Crippen molar-refractivity contribution < 1.29 is 9.59 Å². The number of carbonyl (C=O) groups is 2. The molecule has 130 valence electrons. The average molecular weight is 339 g/mol. The molecule has 2 heterocycles. The third kappa shape index (κ3) is 3.60. The van der Waals surface area contributed by atoms with Gasteiger partial charge in [0, 0.05) is 43.5 Å². The summed E-state index contributed by atoms with van der Waals surface area (Å²) in [4.78, 5) is 34.7. The molecule has 7 heteroatoms. The number of likely N-dealkylation sites (N-methyl/N-ethyl adjacent to an activating group) is 1. The molecule has 0 spiro atoms. The highest BCUT2D eigenvalue weighted by atomic mass is 16.2. The predicted octanol–water partition coefficient (Wildman–Crippen LogP) is 1.45. The van der Waals surface area contributed by atoms with Crippen molar-refractivity contribution in [1.29, 1.82) is 0 Å². The Bertz CT molecular complexity index is 804. The Kier molecular flexibility index (Phi) is 4.65. The molecule has 7 nitrogen and oxygen atoms in total. The van der Waals surface area contributed by atoms with Crippen molar-refractivity contribution in [2.75, 3.05) is 26.0 Å². The van der Waals surface area contributed by atoms with E-state index < -0.39 is 6.04 Å². The van der Waals surface area contributed by atoms with Gasteiger partial charge in [0.25, 0.3) is 5.91 Å². The fraction of sp³-hybridized carbons (Fsp3) is 0.333. The van der Waals surface area contributed by atoms with Gasteiger partial charge in [0.15, 0.2) is 5.82 Å². The summed E-state index contributed by atoms with van der Waals surface area (Å²) in [6.07, 6.45) is 0.642. The van der Waals surface area contributed by atoms with Gasteiger partial charge >= 0.3 is 0 Å². The van der Waals surface area contributed by atoms with Crippen LogP contribution in [0.4, 0.5) is 5.82 Å². The van der Waals surface area contributed by atoms with Crippen molar-refractivity contribution in [3.8, 4) is 11.4 Å². The van der Waals surface area contributed by atoms with E-state index in [-0.39, 0.29) is 11.8 Å². The monoisotopic (exact) mass is 339 g/mol. The van der Waals surface area contributed by atoms with Crippen molar-refractivity contribution in [3.63, 3.8) is 0 Å². The lowest BCUT2D eigenvalue weighted by molar-refractivity contribution is -0.128. The topological polar surface area (TPSA) is 87.2 Å². The first kappa shape index (κ1) is 16.9. The molecule has 1 aromatic carbocycles. The molecule has 1 saturated heterocycles. The molecule has 0 saturated carbocycles. The summed E-state index contributed by atoms with van der Waals surface area (Å²) in [5.74, 6) is 1.05. The molecule has 1 aliphatic rings. The second kappa shape index (κ2) is 6.88. The van der Waals surface area contributed by atoms with E-state index in [1.807, 2.05) is 25.1 Å². The first-order valence-electron chi connectivity index (χ1n) is 8.17. The number of amides is 2. The van der Waals surface area contributed by atoms with Crippen LogP contribution in [-0.2, 0) is 4.79 Å². The lowest BCUT2D eigenvalue weighted by Crippen LogP contribution is -2.40. The van der Waals surface area contributed by atoms with Gasteiger partial charge in [-0.05, 0) is 25.5 Å². The third-order valence-corrected chi connectivity index (χ3v) is 4.25. The van der Waals surface area contributed by atoms with Gasteiger partial charge in [-0.3, -0.25) is 9.59 Å². The maximum absolute atomic E-state index is 12.3. The van der Waals surface area contributed by atoms with Gasteiger partial charge in [-0.15, -0.1) is 0 Å². The minimum Gasteiger partial charge on any atom is -0.373 e. The number of aryl methyl sites for hydroxylation is 1. The summed E-state index contributed by atoms with van der Waals surface area (Å²) in [6, 6.07) is 8.49. The summed E-state index contributed by atoms with van der Waals surface area (Å²) >= 11 is 0. The van der Waals surface area contributed by atoms with Crippen LogP contribution >= 0.6 is 0 Å². The molecule has 2 amide bonds. The zero-order valence-corrected chi connectivity index (χ0v) is 14.5. The quantitative estimate of drug-likeness (QED) is 0.880. The minimum atomic E-state index is -0.435. The van der Waals surface area contributed by atoms with Crippen LogP contribution < -0.4 is 10.6 Å².